The first-order chi connectivity index (χ1) is 14.2. The Morgan fingerprint density at radius 1 is 0.966 bits per heavy atom. The van der Waals surface area contributed by atoms with E-state index in [1.54, 1.807) is 0 Å². The van der Waals surface area contributed by atoms with Crippen molar-refractivity contribution in [1.82, 2.24) is 25.4 Å². The van der Waals surface area contributed by atoms with E-state index in [0.29, 0.717) is 12.1 Å². The molecule has 1 aliphatic carbocycles. The van der Waals surface area contributed by atoms with Gasteiger partial charge in [-0.1, -0.05) is 12.8 Å². The van der Waals surface area contributed by atoms with Gasteiger partial charge in [-0.05, 0) is 69.7 Å². The van der Waals surface area contributed by atoms with Crippen LogP contribution in [0.2, 0.25) is 0 Å². The highest BCUT2D eigenvalue weighted by Gasteiger charge is 2.29. The zero-order valence-corrected chi connectivity index (χ0v) is 17.9. The number of nitrogens with zero attached hydrogens (tertiary/aromatic N) is 3. The number of carbonyl (C=O) groups excluding carboxylic acids is 1. The molecule has 3 aliphatic rings. The molecule has 2 N–H and O–H groups in total. The fourth-order valence-electron chi connectivity index (χ4n) is 5.42. The molecule has 2 aliphatic heterocycles. The topological polar surface area (TPSA) is 60.5 Å². The second-order valence-electron chi connectivity index (χ2n) is 9.16. The summed E-state index contributed by atoms with van der Waals surface area (Å²) in [6, 6.07) is 5.97. The Hall–Kier alpha value is -1.66. The summed E-state index contributed by atoms with van der Waals surface area (Å²) in [7, 11) is 0. The minimum Gasteiger partial charge on any atom is -0.335 e. The Labute approximate surface area is 175 Å². The van der Waals surface area contributed by atoms with Crippen LogP contribution in [-0.4, -0.2) is 65.1 Å². The molecule has 0 spiro atoms. The van der Waals surface area contributed by atoms with E-state index in [1.807, 2.05) is 12.4 Å². The van der Waals surface area contributed by atoms with E-state index < -0.39 is 0 Å². The maximum Gasteiger partial charge on any atom is 0.315 e. The Bertz CT molecular complexity index is 640. The Morgan fingerprint density at radius 2 is 1.66 bits per heavy atom. The molecule has 1 aromatic heterocycles. The van der Waals surface area contributed by atoms with Crippen LogP contribution >= 0.6 is 0 Å². The third-order valence-corrected chi connectivity index (χ3v) is 7.23. The lowest BCUT2D eigenvalue weighted by atomic mass is 10.0. The van der Waals surface area contributed by atoms with E-state index >= 15 is 0 Å². The highest BCUT2D eigenvalue weighted by atomic mass is 16.2. The summed E-state index contributed by atoms with van der Waals surface area (Å²) in [4.78, 5) is 21.8. The summed E-state index contributed by atoms with van der Waals surface area (Å²) in [6.07, 6.45) is 13.5. The number of pyridine rings is 1. The maximum atomic E-state index is 12.6. The number of aromatic nitrogens is 1. The summed E-state index contributed by atoms with van der Waals surface area (Å²) in [5, 5.41) is 6.51. The standard InChI is InChI=1S/C23H37N5O/c1-18(19-8-12-24-13-9-19)27-15-10-20(11-16-27)25-23(29)26-21-5-4-14-28(17-21)22-6-2-3-7-22/h8-9,12-13,18,20-22H,2-7,10-11,14-17H2,1H3,(H2,25,26,29)/t18?,21-/m0/s1. The second kappa shape index (κ2) is 9.90. The van der Waals surface area contributed by atoms with Gasteiger partial charge in [0.2, 0.25) is 0 Å². The number of urea groups is 1. The summed E-state index contributed by atoms with van der Waals surface area (Å²) >= 11 is 0. The van der Waals surface area contributed by atoms with Gasteiger partial charge in [0.25, 0.3) is 0 Å². The largest absolute Gasteiger partial charge is 0.335 e. The Kier molecular flexibility index (Phi) is 7.03. The van der Waals surface area contributed by atoms with Crippen LogP contribution in [-0.2, 0) is 0 Å². The van der Waals surface area contributed by atoms with Gasteiger partial charge < -0.3 is 10.6 Å². The number of carbonyl (C=O) groups is 1. The lowest BCUT2D eigenvalue weighted by Gasteiger charge is -2.38. The molecule has 2 amide bonds. The van der Waals surface area contributed by atoms with E-state index in [4.69, 9.17) is 0 Å². The van der Waals surface area contributed by atoms with Gasteiger partial charge in [-0.15, -0.1) is 0 Å². The highest BCUT2D eigenvalue weighted by Crippen LogP contribution is 2.26. The van der Waals surface area contributed by atoms with Gasteiger partial charge in [0, 0.05) is 56.2 Å². The van der Waals surface area contributed by atoms with Crippen LogP contribution in [0.5, 0.6) is 0 Å². The third kappa shape index (κ3) is 5.48. The lowest BCUT2D eigenvalue weighted by Crippen LogP contribution is -2.54. The lowest BCUT2D eigenvalue weighted by molar-refractivity contribution is 0.135. The number of rotatable bonds is 5. The van der Waals surface area contributed by atoms with Crippen LogP contribution in [0.1, 0.15) is 69.9 Å². The van der Waals surface area contributed by atoms with Crippen LogP contribution in [0.25, 0.3) is 0 Å². The van der Waals surface area contributed by atoms with E-state index in [9.17, 15) is 4.79 Å². The average molecular weight is 400 g/mol. The minimum atomic E-state index is 0.0314. The van der Waals surface area contributed by atoms with Crippen molar-refractivity contribution >= 4 is 6.03 Å². The van der Waals surface area contributed by atoms with E-state index in [0.717, 1.165) is 44.9 Å². The first-order valence-corrected chi connectivity index (χ1v) is 11.6. The number of amides is 2. The zero-order valence-electron chi connectivity index (χ0n) is 17.9. The molecule has 1 unspecified atom stereocenters. The van der Waals surface area contributed by atoms with Crippen molar-refractivity contribution in [2.45, 2.75) is 82.5 Å². The Morgan fingerprint density at radius 3 is 2.38 bits per heavy atom. The Balaban J connectivity index is 1.19. The quantitative estimate of drug-likeness (QED) is 0.797. The van der Waals surface area contributed by atoms with Crippen molar-refractivity contribution in [1.29, 1.82) is 0 Å². The summed E-state index contributed by atoms with van der Waals surface area (Å²) in [6.45, 7) is 6.54. The van der Waals surface area contributed by atoms with Crippen molar-refractivity contribution in [2.24, 2.45) is 0 Å². The smallest absolute Gasteiger partial charge is 0.315 e. The fourth-order valence-corrected chi connectivity index (χ4v) is 5.42. The molecule has 0 aromatic carbocycles. The summed E-state index contributed by atoms with van der Waals surface area (Å²) in [5.41, 5.74) is 1.31. The summed E-state index contributed by atoms with van der Waals surface area (Å²) in [5.74, 6) is 0. The monoisotopic (exact) mass is 399 g/mol. The molecule has 2 saturated heterocycles. The van der Waals surface area contributed by atoms with Crippen LogP contribution in [0.4, 0.5) is 4.79 Å². The third-order valence-electron chi connectivity index (χ3n) is 7.23. The minimum absolute atomic E-state index is 0.0314. The molecule has 6 nitrogen and oxygen atoms in total. The molecular weight excluding hydrogens is 362 g/mol. The van der Waals surface area contributed by atoms with Gasteiger partial charge in [-0.25, -0.2) is 4.79 Å². The van der Waals surface area contributed by atoms with Crippen molar-refractivity contribution in [3.8, 4) is 0 Å². The molecule has 2 atom stereocenters. The molecule has 1 saturated carbocycles. The number of hydrogen-bond acceptors (Lipinski definition) is 4. The maximum absolute atomic E-state index is 12.6. The van der Waals surface area contributed by atoms with E-state index in [-0.39, 0.29) is 12.1 Å². The van der Waals surface area contributed by atoms with Gasteiger partial charge in [0.15, 0.2) is 0 Å². The van der Waals surface area contributed by atoms with Crippen LogP contribution in [0, 0.1) is 0 Å². The molecule has 1 aromatic rings. The molecule has 0 radical (unpaired) electrons. The molecular formula is C23H37N5O. The predicted molar refractivity (Wildman–Crippen MR) is 116 cm³/mol. The first kappa shape index (κ1) is 20.6. The normalized spacial score (nSPS) is 26.3. The van der Waals surface area contributed by atoms with E-state index in [2.05, 4.69) is 44.5 Å². The average Bonchev–Trinajstić information content (AvgIpc) is 3.30. The first-order valence-electron chi connectivity index (χ1n) is 11.6. The van der Waals surface area contributed by atoms with Crippen LogP contribution < -0.4 is 10.6 Å². The SMILES string of the molecule is CC(c1ccncc1)N1CCC(NC(=O)N[C@H]2CCCN(C3CCCC3)C2)CC1. The highest BCUT2D eigenvalue weighted by molar-refractivity contribution is 5.74. The zero-order chi connectivity index (χ0) is 20.1. The van der Waals surface area contributed by atoms with E-state index in [1.165, 1.54) is 44.2 Å². The molecule has 3 heterocycles. The number of hydrogen-bond donors (Lipinski definition) is 2. The van der Waals surface area contributed by atoms with Crippen LogP contribution in [0.15, 0.2) is 24.5 Å². The molecule has 29 heavy (non-hydrogen) atoms. The molecule has 160 valence electrons. The van der Waals surface area contributed by atoms with Gasteiger partial charge in [-0.2, -0.15) is 0 Å². The van der Waals surface area contributed by atoms with Crippen molar-refractivity contribution in [3.63, 3.8) is 0 Å². The predicted octanol–water partition coefficient (Wildman–Crippen LogP) is 3.31. The number of piperidine rings is 2. The number of nitrogens with one attached hydrogen (secondary N) is 2. The van der Waals surface area contributed by atoms with Gasteiger partial charge in [0.05, 0.1) is 0 Å². The second-order valence-corrected chi connectivity index (χ2v) is 9.16. The van der Waals surface area contributed by atoms with Gasteiger partial charge in [0.1, 0.15) is 0 Å². The van der Waals surface area contributed by atoms with Crippen LogP contribution in [0.3, 0.4) is 0 Å². The molecule has 4 rings (SSSR count). The van der Waals surface area contributed by atoms with Crippen molar-refractivity contribution in [3.05, 3.63) is 30.1 Å². The van der Waals surface area contributed by atoms with Crippen molar-refractivity contribution in [2.75, 3.05) is 26.2 Å². The molecule has 0 bridgehead atoms. The number of likely N-dealkylation sites (tertiary alicyclic amines) is 2. The van der Waals surface area contributed by atoms with Gasteiger partial charge >= 0.3 is 6.03 Å². The van der Waals surface area contributed by atoms with Gasteiger partial charge in [-0.3, -0.25) is 14.8 Å². The molecule has 3 fully saturated rings. The molecule has 6 heteroatoms. The van der Waals surface area contributed by atoms with Crippen molar-refractivity contribution < 1.29 is 4.79 Å². The fraction of sp³-hybridized carbons (Fsp3) is 0.739. The summed E-state index contributed by atoms with van der Waals surface area (Å²) < 4.78 is 0.